The topological polar surface area (TPSA) is 112 Å². The number of nitrogens with zero attached hydrogens (tertiary/aromatic N) is 2. The lowest BCUT2D eigenvalue weighted by Crippen LogP contribution is -2.48. The highest BCUT2D eigenvalue weighted by molar-refractivity contribution is 5.98. The van der Waals surface area contributed by atoms with Gasteiger partial charge in [-0.2, -0.15) is 13.2 Å². The summed E-state index contributed by atoms with van der Waals surface area (Å²) in [6, 6.07) is 13.2. The molecule has 0 bridgehead atoms. The van der Waals surface area contributed by atoms with E-state index >= 15 is 0 Å². The van der Waals surface area contributed by atoms with E-state index in [-0.39, 0.29) is 50.3 Å². The van der Waals surface area contributed by atoms with Gasteiger partial charge in [-0.15, -0.1) is 0 Å². The van der Waals surface area contributed by atoms with Gasteiger partial charge in [0.2, 0.25) is 5.91 Å². The first-order valence-corrected chi connectivity index (χ1v) is 14.7. The Labute approximate surface area is 248 Å². The molecule has 234 valence electrons. The van der Waals surface area contributed by atoms with E-state index in [1.165, 1.54) is 0 Å². The van der Waals surface area contributed by atoms with Crippen LogP contribution in [0.15, 0.2) is 48.5 Å². The zero-order chi connectivity index (χ0) is 30.7. The molecule has 0 aliphatic carbocycles. The molecule has 0 saturated carbocycles. The van der Waals surface area contributed by atoms with Crippen LogP contribution in [0.2, 0.25) is 0 Å². The summed E-state index contributed by atoms with van der Waals surface area (Å²) in [5, 5.41) is 22.0. The monoisotopic (exact) mass is 605 g/mol. The van der Waals surface area contributed by atoms with E-state index in [1.54, 1.807) is 24.3 Å². The molecule has 2 amide bonds. The first-order chi connectivity index (χ1) is 20.6. The number of amides is 2. The quantitative estimate of drug-likeness (QED) is 0.419. The summed E-state index contributed by atoms with van der Waals surface area (Å²) in [6.45, 7) is 3.48. The number of nitrogens with one attached hydrogen (secondary N) is 1. The maximum atomic E-state index is 13.0. The number of alkyl halides is 3. The number of carbonyl (C=O) groups excluding carboxylic acids is 2. The molecule has 3 aliphatic heterocycles. The summed E-state index contributed by atoms with van der Waals surface area (Å²) in [5.41, 5.74) is 2.81. The highest BCUT2D eigenvalue weighted by Crippen LogP contribution is 2.42. The van der Waals surface area contributed by atoms with Crippen LogP contribution in [-0.2, 0) is 25.7 Å². The largest absolute Gasteiger partial charge is 0.471 e. The second kappa shape index (κ2) is 13.3. The van der Waals surface area contributed by atoms with E-state index in [4.69, 9.17) is 9.47 Å². The van der Waals surface area contributed by atoms with Crippen molar-refractivity contribution in [2.24, 2.45) is 5.92 Å². The predicted octanol–water partition coefficient (Wildman–Crippen LogP) is 3.92. The van der Waals surface area contributed by atoms with Crippen molar-refractivity contribution in [2.45, 2.75) is 76.0 Å². The van der Waals surface area contributed by atoms with Gasteiger partial charge in [-0.3, -0.25) is 14.5 Å². The third kappa shape index (κ3) is 7.04. The van der Waals surface area contributed by atoms with Gasteiger partial charge in [0, 0.05) is 36.3 Å². The molecule has 0 aromatic heterocycles. The molecule has 3 aliphatic rings. The number of carbonyl (C=O) groups is 2. The lowest BCUT2D eigenvalue weighted by molar-refractivity contribution is -0.276. The van der Waals surface area contributed by atoms with E-state index in [1.807, 2.05) is 24.3 Å². The molecule has 3 fully saturated rings. The van der Waals surface area contributed by atoms with Gasteiger partial charge >= 0.3 is 12.1 Å². The number of hydrogen-bond donors (Lipinski definition) is 3. The van der Waals surface area contributed by atoms with Crippen molar-refractivity contribution in [1.82, 2.24) is 9.80 Å². The van der Waals surface area contributed by atoms with Crippen LogP contribution in [0.25, 0.3) is 0 Å². The third-order valence-corrected chi connectivity index (χ3v) is 8.76. The van der Waals surface area contributed by atoms with Crippen molar-refractivity contribution in [2.75, 3.05) is 31.6 Å². The van der Waals surface area contributed by atoms with Crippen LogP contribution in [-0.4, -0.2) is 82.4 Å². The summed E-state index contributed by atoms with van der Waals surface area (Å²) in [7, 11) is 0. The lowest BCUT2D eigenvalue weighted by Gasteiger charge is -2.43. The van der Waals surface area contributed by atoms with Crippen molar-refractivity contribution in [3.05, 3.63) is 65.2 Å². The lowest BCUT2D eigenvalue weighted by atomic mass is 9.90. The highest BCUT2D eigenvalue weighted by Gasteiger charge is 2.47. The van der Waals surface area contributed by atoms with Crippen LogP contribution in [0.5, 0.6) is 0 Å². The van der Waals surface area contributed by atoms with Crippen molar-refractivity contribution >= 4 is 17.5 Å². The molecule has 6 unspecified atom stereocenters. The van der Waals surface area contributed by atoms with Crippen LogP contribution in [0.1, 0.15) is 61.7 Å². The average molecular weight is 606 g/mol. The molecule has 6 atom stereocenters. The fraction of sp³-hybridized carbons (Fsp3) is 0.548. The van der Waals surface area contributed by atoms with Gasteiger partial charge in [0.05, 0.1) is 25.4 Å². The second-order valence-corrected chi connectivity index (χ2v) is 11.6. The molecule has 2 aromatic carbocycles. The van der Waals surface area contributed by atoms with Gasteiger partial charge in [0.25, 0.3) is 0 Å². The normalized spacial score (nSPS) is 28.3. The van der Waals surface area contributed by atoms with Gasteiger partial charge < -0.3 is 29.9 Å². The first kappa shape index (κ1) is 31.4. The second-order valence-electron chi connectivity index (χ2n) is 11.6. The number of likely N-dealkylation sites (tertiary alicyclic amines) is 2. The molecule has 2 aromatic rings. The Morgan fingerprint density at radius 2 is 1.63 bits per heavy atom. The maximum absolute atomic E-state index is 13.0. The van der Waals surface area contributed by atoms with Gasteiger partial charge in [-0.25, -0.2) is 0 Å². The maximum Gasteiger partial charge on any atom is 0.471 e. The SMILES string of the molecule is CC1C(CN2CCCC2CO)OC(c2ccc(NC(=O)C3CCCN3C(=O)C(F)(F)F)cc2)OC1c1ccc(CO)cc1. The Morgan fingerprint density at radius 1 is 0.953 bits per heavy atom. The standard InChI is InChI=1S/C31H38F3N3O6/c1-19-26(16-36-14-2-4-24(36)18-39)42-29(43-27(19)21-8-6-20(17-38)7-9-21)22-10-12-23(13-11-22)35-28(40)25-5-3-15-37(25)30(41)31(32,33)34/h6-13,19,24-27,29,38-39H,2-5,14-18H2,1H3,(H,35,40). The van der Waals surface area contributed by atoms with E-state index < -0.39 is 30.3 Å². The number of aliphatic hydroxyl groups is 2. The number of ether oxygens (including phenoxy) is 2. The Kier molecular flexibility index (Phi) is 9.72. The van der Waals surface area contributed by atoms with Gasteiger partial charge in [-0.1, -0.05) is 43.3 Å². The first-order valence-electron chi connectivity index (χ1n) is 14.7. The average Bonchev–Trinajstić information content (AvgIpc) is 3.67. The summed E-state index contributed by atoms with van der Waals surface area (Å²) in [5.74, 6) is -2.70. The fourth-order valence-electron chi connectivity index (χ4n) is 6.30. The predicted molar refractivity (Wildman–Crippen MR) is 151 cm³/mol. The van der Waals surface area contributed by atoms with Crippen LogP contribution in [0.4, 0.5) is 18.9 Å². The molecule has 0 radical (unpaired) electrons. The minimum Gasteiger partial charge on any atom is -0.395 e. The molecule has 3 N–H and O–H groups in total. The molecule has 5 rings (SSSR count). The summed E-state index contributed by atoms with van der Waals surface area (Å²) in [6.07, 6.45) is -3.89. The van der Waals surface area contributed by atoms with Crippen LogP contribution >= 0.6 is 0 Å². The molecule has 9 nitrogen and oxygen atoms in total. The van der Waals surface area contributed by atoms with E-state index in [9.17, 15) is 33.0 Å². The number of anilines is 1. The minimum absolute atomic E-state index is 0.0245. The molecular formula is C31H38F3N3O6. The van der Waals surface area contributed by atoms with Gasteiger partial charge in [-0.05, 0) is 55.5 Å². The molecular weight excluding hydrogens is 567 g/mol. The highest BCUT2D eigenvalue weighted by atomic mass is 19.4. The zero-order valence-corrected chi connectivity index (χ0v) is 24.0. The molecule has 43 heavy (non-hydrogen) atoms. The Balaban J connectivity index is 1.31. The van der Waals surface area contributed by atoms with Crippen molar-refractivity contribution < 1.29 is 42.4 Å². The summed E-state index contributed by atoms with van der Waals surface area (Å²) < 4.78 is 51.9. The third-order valence-electron chi connectivity index (χ3n) is 8.76. The number of halogens is 3. The number of rotatable bonds is 8. The smallest absolute Gasteiger partial charge is 0.395 e. The summed E-state index contributed by atoms with van der Waals surface area (Å²) in [4.78, 5) is 27.4. The minimum atomic E-state index is -5.04. The van der Waals surface area contributed by atoms with Gasteiger partial charge in [0.15, 0.2) is 6.29 Å². The van der Waals surface area contributed by atoms with Crippen LogP contribution in [0.3, 0.4) is 0 Å². The number of hydrogen-bond acceptors (Lipinski definition) is 7. The van der Waals surface area contributed by atoms with Crippen LogP contribution in [0, 0.1) is 5.92 Å². The molecule has 3 saturated heterocycles. The van der Waals surface area contributed by atoms with E-state index in [0.717, 1.165) is 30.5 Å². The summed E-state index contributed by atoms with van der Waals surface area (Å²) >= 11 is 0. The Bertz CT molecular complexity index is 1260. The van der Waals surface area contributed by atoms with Gasteiger partial charge in [0.1, 0.15) is 6.04 Å². The van der Waals surface area contributed by atoms with Crippen molar-refractivity contribution in [1.29, 1.82) is 0 Å². The van der Waals surface area contributed by atoms with E-state index in [0.29, 0.717) is 29.1 Å². The number of aliphatic hydroxyl groups excluding tert-OH is 2. The fourth-order valence-corrected chi connectivity index (χ4v) is 6.30. The van der Waals surface area contributed by atoms with Crippen LogP contribution < -0.4 is 5.32 Å². The van der Waals surface area contributed by atoms with E-state index in [2.05, 4.69) is 17.1 Å². The van der Waals surface area contributed by atoms with Crippen molar-refractivity contribution in [3.8, 4) is 0 Å². The Morgan fingerprint density at radius 3 is 2.28 bits per heavy atom. The molecule has 3 heterocycles. The Hall–Kier alpha value is -3.03. The zero-order valence-electron chi connectivity index (χ0n) is 24.0. The molecule has 12 heteroatoms. The molecule has 0 spiro atoms. The van der Waals surface area contributed by atoms with Crippen molar-refractivity contribution in [3.63, 3.8) is 0 Å². The number of benzene rings is 2.